The van der Waals surface area contributed by atoms with Gasteiger partial charge in [-0.05, 0) is 32.0 Å². The molecule has 6 nitrogen and oxygen atoms in total. The lowest BCUT2D eigenvalue weighted by atomic mass is 9.91. The number of likely N-dealkylation sites (N-methyl/N-ethyl adjacent to an activating group) is 1. The van der Waals surface area contributed by atoms with Crippen LogP contribution in [0.25, 0.3) is 0 Å². The lowest BCUT2D eigenvalue weighted by Crippen LogP contribution is -2.52. The number of hydrazine groups is 1. The zero-order valence-electron chi connectivity index (χ0n) is 13.7. The molecule has 2 aliphatic heterocycles. The zero-order chi connectivity index (χ0) is 17.3. The predicted molar refractivity (Wildman–Crippen MR) is 86.9 cm³/mol. The highest BCUT2D eigenvalue weighted by Gasteiger charge is 2.38. The van der Waals surface area contributed by atoms with Crippen LogP contribution in [0.4, 0.5) is 8.78 Å². The normalized spacial score (nSPS) is 21.3. The van der Waals surface area contributed by atoms with Gasteiger partial charge < -0.3 is 10.8 Å². The van der Waals surface area contributed by atoms with E-state index < -0.39 is 17.2 Å². The van der Waals surface area contributed by atoms with Gasteiger partial charge in [-0.2, -0.15) is 10.1 Å². The van der Waals surface area contributed by atoms with E-state index in [9.17, 15) is 13.9 Å². The van der Waals surface area contributed by atoms with Gasteiger partial charge in [0.15, 0.2) is 6.34 Å². The van der Waals surface area contributed by atoms with Gasteiger partial charge in [0.1, 0.15) is 17.2 Å². The van der Waals surface area contributed by atoms with E-state index in [0.29, 0.717) is 0 Å². The van der Waals surface area contributed by atoms with Crippen molar-refractivity contribution in [1.29, 1.82) is 0 Å². The van der Waals surface area contributed by atoms with Crippen LogP contribution < -0.4 is 5.73 Å². The minimum atomic E-state index is -1.49. The average Bonchev–Trinajstić information content (AvgIpc) is 3.34. The Morgan fingerprint density at radius 3 is 2.62 bits per heavy atom. The molecule has 0 radical (unpaired) electrons. The number of likely N-dealkylation sites (tertiary alicyclic amines) is 1. The molecule has 1 aromatic carbocycles. The summed E-state index contributed by atoms with van der Waals surface area (Å²) in [5.74, 6) is -1.41. The van der Waals surface area contributed by atoms with Gasteiger partial charge in [-0.3, -0.25) is 4.90 Å². The molecule has 0 saturated carbocycles. The molecule has 8 heteroatoms. The fourth-order valence-electron chi connectivity index (χ4n) is 3.22. The minimum absolute atomic E-state index is 0.0903. The number of hydrogen-bond donors (Lipinski definition) is 2. The summed E-state index contributed by atoms with van der Waals surface area (Å²) in [6.45, 7) is 1.88. The Kier molecular flexibility index (Phi) is 4.82. The molecule has 2 heterocycles. The Bertz CT molecular complexity index is 614. The molecule has 0 bridgehead atoms. The van der Waals surface area contributed by atoms with Crippen molar-refractivity contribution >= 4 is 6.34 Å². The Labute approximate surface area is 140 Å². The van der Waals surface area contributed by atoms with Gasteiger partial charge in [-0.25, -0.2) is 8.78 Å². The number of halogens is 2. The number of hydrogen-bond acceptors (Lipinski definition) is 6. The number of β-amino-alcohol motifs (C(OH)–C–C–N with tert-alkyl or cyclic N) is 1. The van der Waals surface area contributed by atoms with Crippen molar-refractivity contribution in [3.05, 3.63) is 35.4 Å². The summed E-state index contributed by atoms with van der Waals surface area (Å²) in [6, 6.07) is 3.46. The molecule has 1 atom stereocenters. The van der Waals surface area contributed by atoms with Crippen LogP contribution in [0.15, 0.2) is 23.3 Å². The molecular weight excluding hydrogens is 316 g/mol. The molecule has 24 heavy (non-hydrogen) atoms. The van der Waals surface area contributed by atoms with E-state index in [1.54, 1.807) is 23.5 Å². The maximum absolute atomic E-state index is 14.3. The van der Waals surface area contributed by atoms with Crippen LogP contribution >= 0.6 is 0 Å². The van der Waals surface area contributed by atoms with Crippen molar-refractivity contribution in [1.82, 2.24) is 15.0 Å². The fourth-order valence-corrected chi connectivity index (χ4v) is 3.22. The highest BCUT2D eigenvalue weighted by atomic mass is 19.1. The van der Waals surface area contributed by atoms with Crippen molar-refractivity contribution in [3.8, 4) is 0 Å². The first-order chi connectivity index (χ1) is 11.4. The first kappa shape index (κ1) is 17.2. The molecule has 1 saturated heterocycles. The van der Waals surface area contributed by atoms with Crippen molar-refractivity contribution in [2.45, 2.75) is 24.5 Å². The molecule has 3 rings (SSSR count). The Morgan fingerprint density at radius 2 is 2.04 bits per heavy atom. The SMILES string of the molecule is CN(CC(O)(CN1CCC(N)CC1)c1ccc(F)cc1F)N1C=N1. The number of hydrazone groups is 1. The van der Waals surface area contributed by atoms with E-state index in [2.05, 4.69) is 10.0 Å². The number of piperidine rings is 1. The molecule has 0 spiro atoms. The quantitative estimate of drug-likeness (QED) is 0.798. The number of aliphatic hydroxyl groups is 1. The van der Waals surface area contributed by atoms with E-state index in [0.717, 1.165) is 32.0 Å². The largest absolute Gasteiger partial charge is 0.382 e. The average molecular weight is 339 g/mol. The molecule has 132 valence electrons. The summed E-state index contributed by atoms with van der Waals surface area (Å²) < 4.78 is 27.6. The molecule has 0 amide bonds. The van der Waals surface area contributed by atoms with Gasteiger partial charge >= 0.3 is 0 Å². The van der Waals surface area contributed by atoms with Gasteiger partial charge in [-0.1, -0.05) is 6.07 Å². The van der Waals surface area contributed by atoms with Crippen LogP contribution in [-0.4, -0.2) is 65.7 Å². The molecular formula is C16H23F2N5O. The topological polar surface area (TPSA) is 68.1 Å². The van der Waals surface area contributed by atoms with Crippen molar-refractivity contribution < 1.29 is 13.9 Å². The van der Waals surface area contributed by atoms with Crippen LogP contribution in [0.2, 0.25) is 0 Å². The van der Waals surface area contributed by atoms with Crippen molar-refractivity contribution in [2.75, 3.05) is 33.2 Å². The Hall–Kier alpha value is -1.61. The van der Waals surface area contributed by atoms with Crippen LogP contribution in [0.3, 0.4) is 0 Å². The summed E-state index contributed by atoms with van der Waals surface area (Å²) in [7, 11) is 1.76. The number of benzene rings is 1. The molecule has 3 N–H and O–H groups in total. The van der Waals surface area contributed by atoms with Crippen LogP contribution in [0.1, 0.15) is 18.4 Å². The summed E-state index contributed by atoms with van der Waals surface area (Å²) in [4.78, 5) is 2.07. The second-order valence-corrected chi connectivity index (χ2v) is 6.64. The molecule has 2 aliphatic rings. The second kappa shape index (κ2) is 6.72. The fraction of sp³-hybridized carbons (Fsp3) is 0.562. The zero-order valence-corrected chi connectivity index (χ0v) is 13.7. The second-order valence-electron chi connectivity index (χ2n) is 6.64. The minimum Gasteiger partial charge on any atom is -0.382 e. The highest BCUT2D eigenvalue weighted by molar-refractivity contribution is 5.64. The van der Waals surface area contributed by atoms with Crippen molar-refractivity contribution in [2.24, 2.45) is 10.8 Å². The summed E-state index contributed by atoms with van der Waals surface area (Å²) in [6.07, 6.45) is 3.28. The third-order valence-corrected chi connectivity index (χ3v) is 4.61. The standard InChI is InChI=1S/C16H23F2N5O/c1-21(23-11-20-23)9-16(24,10-22-6-4-13(19)5-7-22)14-3-2-12(17)8-15(14)18/h2-3,8,11,13,24H,4-7,9-10,19H2,1H3. The van der Waals surface area contributed by atoms with Crippen molar-refractivity contribution in [3.63, 3.8) is 0 Å². The summed E-state index contributed by atoms with van der Waals surface area (Å²) in [5.41, 5.74) is 4.52. The molecule has 0 aromatic heterocycles. The Balaban J connectivity index is 1.81. The predicted octanol–water partition coefficient (Wildman–Crippen LogP) is 0.681. The van der Waals surface area contributed by atoms with Crippen LogP contribution in [-0.2, 0) is 5.60 Å². The maximum Gasteiger partial charge on any atom is 0.152 e. The highest BCUT2D eigenvalue weighted by Crippen LogP contribution is 2.29. The molecule has 0 aliphatic carbocycles. The monoisotopic (exact) mass is 339 g/mol. The van der Waals surface area contributed by atoms with Gasteiger partial charge in [0, 0.05) is 31.3 Å². The molecule has 1 aromatic rings. The third-order valence-electron chi connectivity index (χ3n) is 4.61. The van der Waals surface area contributed by atoms with Crippen LogP contribution in [0.5, 0.6) is 0 Å². The van der Waals surface area contributed by atoms with E-state index in [1.165, 1.54) is 12.1 Å². The van der Waals surface area contributed by atoms with Gasteiger partial charge in [-0.15, -0.1) is 5.10 Å². The van der Waals surface area contributed by atoms with E-state index in [-0.39, 0.29) is 24.7 Å². The van der Waals surface area contributed by atoms with E-state index in [1.807, 2.05) is 0 Å². The van der Waals surface area contributed by atoms with Gasteiger partial charge in [0.2, 0.25) is 0 Å². The lowest BCUT2D eigenvalue weighted by Gasteiger charge is -2.39. The first-order valence-electron chi connectivity index (χ1n) is 8.08. The lowest BCUT2D eigenvalue weighted by molar-refractivity contribution is -0.0582. The summed E-state index contributed by atoms with van der Waals surface area (Å²) in [5, 5.41) is 18.4. The van der Waals surface area contributed by atoms with E-state index >= 15 is 0 Å². The van der Waals surface area contributed by atoms with Gasteiger partial charge in [0.25, 0.3) is 0 Å². The number of rotatable bonds is 6. The third kappa shape index (κ3) is 3.89. The Morgan fingerprint density at radius 1 is 1.38 bits per heavy atom. The number of nitrogens with zero attached hydrogens (tertiary/aromatic N) is 4. The maximum atomic E-state index is 14.3. The molecule has 1 fully saturated rings. The number of nitrogens with two attached hydrogens (primary N) is 1. The smallest absolute Gasteiger partial charge is 0.152 e. The summed E-state index contributed by atoms with van der Waals surface area (Å²) >= 11 is 0. The van der Waals surface area contributed by atoms with Gasteiger partial charge in [0.05, 0.1) is 6.54 Å². The van der Waals surface area contributed by atoms with Crippen LogP contribution in [0, 0.1) is 11.6 Å². The van der Waals surface area contributed by atoms with E-state index in [4.69, 9.17) is 5.73 Å². The first-order valence-corrected chi connectivity index (χ1v) is 8.08. The molecule has 1 unspecified atom stereocenters.